The topological polar surface area (TPSA) is 93.1 Å². The van der Waals surface area contributed by atoms with Crippen LogP contribution >= 0.6 is 0 Å². The third kappa shape index (κ3) is 4.53. The zero-order chi connectivity index (χ0) is 21.1. The van der Waals surface area contributed by atoms with E-state index in [1.807, 2.05) is 6.07 Å². The van der Waals surface area contributed by atoms with Crippen molar-refractivity contribution in [3.05, 3.63) is 65.0 Å². The van der Waals surface area contributed by atoms with E-state index >= 15 is 0 Å². The second-order valence-corrected chi connectivity index (χ2v) is 7.37. The highest BCUT2D eigenvalue weighted by Crippen LogP contribution is 2.31. The lowest BCUT2D eigenvalue weighted by Gasteiger charge is -2.10. The molecule has 0 radical (unpaired) electrons. The summed E-state index contributed by atoms with van der Waals surface area (Å²) >= 11 is 0. The highest BCUT2D eigenvalue weighted by atomic mass is 19.1. The fourth-order valence-electron chi connectivity index (χ4n) is 3.18. The Morgan fingerprint density at radius 1 is 1.13 bits per heavy atom. The van der Waals surface area contributed by atoms with Crippen LogP contribution in [0.4, 0.5) is 15.8 Å². The molecule has 2 amide bonds. The molecule has 154 valence electrons. The van der Waals surface area contributed by atoms with E-state index in [1.165, 1.54) is 29.1 Å². The molecule has 7 nitrogen and oxygen atoms in total. The van der Waals surface area contributed by atoms with E-state index in [0.29, 0.717) is 29.6 Å². The first kappa shape index (κ1) is 19.8. The van der Waals surface area contributed by atoms with Gasteiger partial charge in [-0.25, -0.2) is 9.37 Å². The van der Waals surface area contributed by atoms with Crippen molar-refractivity contribution in [2.24, 2.45) is 5.92 Å². The SMILES string of the molecule is O=C(CCCn1cnc2ccccc2c1=O)Nc1ccc(F)c(NC(=O)C2CC2)c1. The van der Waals surface area contributed by atoms with E-state index in [4.69, 9.17) is 0 Å². The minimum atomic E-state index is -0.551. The maximum absolute atomic E-state index is 13.9. The normalized spacial score (nSPS) is 13.2. The molecule has 0 atom stereocenters. The van der Waals surface area contributed by atoms with Crippen molar-refractivity contribution >= 4 is 34.1 Å². The van der Waals surface area contributed by atoms with Gasteiger partial charge in [-0.2, -0.15) is 0 Å². The molecule has 0 spiro atoms. The second kappa shape index (κ2) is 8.44. The van der Waals surface area contributed by atoms with Crippen molar-refractivity contribution in [1.29, 1.82) is 0 Å². The van der Waals surface area contributed by atoms with Gasteiger partial charge in [0.25, 0.3) is 5.56 Å². The number of rotatable bonds is 7. The van der Waals surface area contributed by atoms with Gasteiger partial charge in [0.2, 0.25) is 11.8 Å². The lowest BCUT2D eigenvalue weighted by atomic mass is 10.2. The largest absolute Gasteiger partial charge is 0.326 e. The molecule has 1 heterocycles. The summed E-state index contributed by atoms with van der Waals surface area (Å²) in [6.07, 6.45) is 3.75. The van der Waals surface area contributed by atoms with E-state index in [2.05, 4.69) is 15.6 Å². The standard InChI is InChI=1S/C22H21FN4O3/c23-17-10-9-15(12-19(17)26-21(29)14-7-8-14)25-20(28)6-3-11-27-13-24-18-5-2-1-4-16(18)22(27)30/h1-2,4-5,9-10,12-14H,3,6-8,11H2,(H,25,28)(H,26,29). The summed E-state index contributed by atoms with van der Waals surface area (Å²) in [7, 11) is 0. The van der Waals surface area contributed by atoms with Crippen molar-refractivity contribution in [3.8, 4) is 0 Å². The van der Waals surface area contributed by atoms with Crippen molar-refractivity contribution in [3.63, 3.8) is 0 Å². The molecule has 1 aliphatic carbocycles. The zero-order valence-electron chi connectivity index (χ0n) is 16.2. The fraction of sp³-hybridized carbons (Fsp3) is 0.273. The minimum Gasteiger partial charge on any atom is -0.326 e. The number of benzene rings is 2. The number of aromatic nitrogens is 2. The van der Waals surface area contributed by atoms with Crippen LogP contribution < -0.4 is 16.2 Å². The number of hydrogen-bond acceptors (Lipinski definition) is 4. The molecule has 0 aliphatic heterocycles. The van der Waals surface area contributed by atoms with Gasteiger partial charge < -0.3 is 10.6 Å². The van der Waals surface area contributed by atoms with Gasteiger partial charge in [-0.15, -0.1) is 0 Å². The van der Waals surface area contributed by atoms with Crippen molar-refractivity contribution < 1.29 is 14.0 Å². The number of aryl methyl sites for hydroxylation is 1. The van der Waals surface area contributed by atoms with E-state index in [0.717, 1.165) is 12.8 Å². The van der Waals surface area contributed by atoms with Crippen LogP contribution in [0, 0.1) is 11.7 Å². The zero-order valence-corrected chi connectivity index (χ0v) is 16.2. The van der Waals surface area contributed by atoms with Crippen LogP contribution in [-0.2, 0) is 16.1 Å². The average Bonchev–Trinajstić information content (AvgIpc) is 3.58. The molecule has 1 fully saturated rings. The molecule has 0 unspecified atom stereocenters. The Balaban J connectivity index is 1.33. The highest BCUT2D eigenvalue weighted by Gasteiger charge is 2.30. The van der Waals surface area contributed by atoms with E-state index in [-0.39, 0.29) is 35.4 Å². The van der Waals surface area contributed by atoms with Gasteiger partial charge in [0.15, 0.2) is 0 Å². The van der Waals surface area contributed by atoms with E-state index < -0.39 is 5.82 Å². The first-order valence-corrected chi connectivity index (χ1v) is 9.86. The summed E-state index contributed by atoms with van der Waals surface area (Å²) < 4.78 is 15.4. The maximum Gasteiger partial charge on any atom is 0.261 e. The van der Waals surface area contributed by atoms with Crippen LogP contribution in [0.25, 0.3) is 10.9 Å². The molecule has 1 aromatic heterocycles. The van der Waals surface area contributed by atoms with Gasteiger partial charge in [-0.3, -0.25) is 19.0 Å². The number of hydrogen-bond donors (Lipinski definition) is 2. The van der Waals surface area contributed by atoms with Crippen LogP contribution in [0.2, 0.25) is 0 Å². The summed E-state index contributed by atoms with van der Waals surface area (Å²) in [6, 6.07) is 11.2. The average molecular weight is 408 g/mol. The molecule has 2 aromatic carbocycles. The number of para-hydroxylation sites is 1. The highest BCUT2D eigenvalue weighted by molar-refractivity contribution is 5.96. The van der Waals surface area contributed by atoms with Gasteiger partial charge in [0, 0.05) is 24.6 Å². The molecule has 8 heteroatoms. The maximum atomic E-state index is 13.9. The lowest BCUT2D eigenvalue weighted by molar-refractivity contribution is -0.117. The Morgan fingerprint density at radius 2 is 1.93 bits per heavy atom. The van der Waals surface area contributed by atoms with Crippen LogP contribution in [0.15, 0.2) is 53.6 Å². The summed E-state index contributed by atoms with van der Waals surface area (Å²) in [5.74, 6) is -1.06. The Bertz CT molecular complexity index is 1170. The quantitative estimate of drug-likeness (QED) is 0.627. The molecule has 30 heavy (non-hydrogen) atoms. The van der Waals surface area contributed by atoms with Crippen LogP contribution in [0.5, 0.6) is 0 Å². The van der Waals surface area contributed by atoms with Gasteiger partial charge >= 0.3 is 0 Å². The number of nitrogens with one attached hydrogen (secondary N) is 2. The third-order valence-electron chi connectivity index (χ3n) is 4.99. The van der Waals surface area contributed by atoms with Crippen LogP contribution in [-0.4, -0.2) is 21.4 Å². The predicted molar refractivity (Wildman–Crippen MR) is 112 cm³/mol. The monoisotopic (exact) mass is 408 g/mol. The number of carbonyl (C=O) groups excluding carboxylic acids is 2. The Hall–Kier alpha value is -3.55. The van der Waals surface area contributed by atoms with Crippen LogP contribution in [0.3, 0.4) is 0 Å². The van der Waals surface area contributed by atoms with Gasteiger partial charge in [0.05, 0.1) is 22.9 Å². The van der Waals surface area contributed by atoms with E-state index in [9.17, 15) is 18.8 Å². The van der Waals surface area contributed by atoms with Crippen molar-refractivity contribution in [2.75, 3.05) is 10.6 Å². The molecule has 1 aliphatic rings. The second-order valence-electron chi connectivity index (χ2n) is 7.37. The molecule has 1 saturated carbocycles. The molecule has 4 rings (SSSR count). The Morgan fingerprint density at radius 3 is 2.73 bits per heavy atom. The fourth-order valence-corrected chi connectivity index (χ4v) is 3.18. The first-order chi connectivity index (χ1) is 14.5. The van der Waals surface area contributed by atoms with Crippen molar-refractivity contribution in [1.82, 2.24) is 9.55 Å². The molecule has 0 saturated heterocycles. The third-order valence-corrected chi connectivity index (χ3v) is 4.99. The summed E-state index contributed by atoms with van der Waals surface area (Å²) in [5, 5.41) is 5.80. The predicted octanol–water partition coefficient (Wildman–Crippen LogP) is 3.30. The molecule has 0 bridgehead atoms. The number of halogens is 1. The number of amides is 2. The van der Waals surface area contributed by atoms with E-state index in [1.54, 1.807) is 18.2 Å². The molecule has 2 N–H and O–H groups in total. The Kier molecular flexibility index (Phi) is 5.56. The van der Waals surface area contributed by atoms with Gasteiger partial charge in [-0.1, -0.05) is 12.1 Å². The summed E-state index contributed by atoms with van der Waals surface area (Å²) in [5.41, 5.74) is 0.948. The van der Waals surface area contributed by atoms with Gasteiger partial charge in [0.1, 0.15) is 5.82 Å². The summed E-state index contributed by atoms with van der Waals surface area (Å²) in [4.78, 5) is 40.8. The number of carbonyl (C=O) groups is 2. The first-order valence-electron chi connectivity index (χ1n) is 9.86. The summed E-state index contributed by atoms with van der Waals surface area (Å²) in [6.45, 7) is 0.357. The smallest absolute Gasteiger partial charge is 0.261 e. The Labute approximate surface area is 171 Å². The number of nitrogens with zero attached hydrogens (tertiary/aromatic N) is 2. The molecular weight excluding hydrogens is 387 g/mol. The number of anilines is 2. The molecular formula is C22H21FN4O3. The van der Waals surface area contributed by atoms with Crippen molar-refractivity contribution in [2.45, 2.75) is 32.2 Å². The lowest BCUT2D eigenvalue weighted by Crippen LogP contribution is -2.21. The minimum absolute atomic E-state index is 0.0457. The molecule has 3 aromatic rings. The van der Waals surface area contributed by atoms with Gasteiger partial charge in [-0.05, 0) is 49.6 Å². The van der Waals surface area contributed by atoms with Crippen LogP contribution in [0.1, 0.15) is 25.7 Å². The number of fused-ring (bicyclic) bond motifs is 1.